The maximum atomic E-state index is 8.94. The van der Waals surface area contributed by atoms with Gasteiger partial charge in [0.1, 0.15) is 5.01 Å². The smallest absolute Gasteiger partial charge is 0.125 e. The van der Waals surface area contributed by atoms with Crippen LogP contribution in [0, 0.1) is 11.3 Å². The number of thiazole rings is 1. The summed E-state index contributed by atoms with van der Waals surface area (Å²) in [6.07, 6.45) is 0. The molecule has 0 bridgehead atoms. The first-order valence-electron chi connectivity index (χ1n) is 5.99. The Kier molecular flexibility index (Phi) is 3.51. The van der Waals surface area contributed by atoms with Crippen molar-refractivity contribution in [3.8, 4) is 27.9 Å². The lowest BCUT2D eigenvalue weighted by Gasteiger charge is -1.99. The Balaban J connectivity index is 2.02. The van der Waals surface area contributed by atoms with Crippen LogP contribution in [0.2, 0.25) is 5.02 Å². The Hall–Kier alpha value is -2.15. The lowest BCUT2D eigenvalue weighted by molar-refractivity contribution is 1.39. The number of nitriles is 1. The van der Waals surface area contributed by atoms with Crippen LogP contribution in [0.5, 0.6) is 0 Å². The van der Waals surface area contributed by atoms with Crippen LogP contribution >= 0.6 is 22.9 Å². The zero-order valence-electron chi connectivity index (χ0n) is 10.4. The fraction of sp³-hybridized carbons (Fsp3) is 0. The first kappa shape index (κ1) is 12.9. The summed E-state index contributed by atoms with van der Waals surface area (Å²) in [6, 6.07) is 17.2. The van der Waals surface area contributed by atoms with E-state index in [1.807, 2.05) is 47.8 Å². The molecule has 4 heteroatoms. The van der Waals surface area contributed by atoms with Gasteiger partial charge in [-0.05, 0) is 18.2 Å². The van der Waals surface area contributed by atoms with E-state index in [1.54, 1.807) is 17.4 Å². The van der Waals surface area contributed by atoms with E-state index < -0.39 is 0 Å². The normalized spacial score (nSPS) is 10.2. The molecular formula is C16H9ClN2S. The van der Waals surface area contributed by atoms with E-state index in [4.69, 9.17) is 16.9 Å². The zero-order valence-corrected chi connectivity index (χ0v) is 11.9. The van der Waals surface area contributed by atoms with E-state index in [9.17, 15) is 0 Å². The number of aromatic nitrogens is 1. The largest absolute Gasteiger partial charge is 0.236 e. The minimum absolute atomic E-state index is 0.634. The quantitative estimate of drug-likeness (QED) is 0.667. The van der Waals surface area contributed by atoms with Gasteiger partial charge in [-0.3, -0.25) is 0 Å². The summed E-state index contributed by atoms with van der Waals surface area (Å²) >= 11 is 7.73. The second-order valence-corrected chi connectivity index (χ2v) is 5.48. The fourth-order valence-electron chi connectivity index (χ4n) is 1.91. The second-order valence-electron chi connectivity index (χ2n) is 4.21. The topological polar surface area (TPSA) is 36.7 Å². The van der Waals surface area contributed by atoms with Crippen molar-refractivity contribution in [2.24, 2.45) is 0 Å². The predicted molar refractivity (Wildman–Crippen MR) is 82.7 cm³/mol. The minimum Gasteiger partial charge on any atom is -0.236 e. The average Bonchev–Trinajstić information content (AvgIpc) is 2.97. The van der Waals surface area contributed by atoms with Gasteiger partial charge in [-0.15, -0.1) is 11.3 Å². The van der Waals surface area contributed by atoms with Crippen molar-refractivity contribution >= 4 is 22.9 Å². The minimum atomic E-state index is 0.634. The predicted octanol–water partition coefficient (Wildman–Crippen LogP) is 5.00. The van der Waals surface area contributed by atoms with Gasteiger partial charge in [0, 0.05) is 16.5 Å². The van der Waals surface area contributed by atoms with Gasteiger partial charge in [-0.25, -0.2) is 4.98 Å². The Morgan fingerprint density at radius 3 is 2.75 bits per heavy atom. The first-order valence-corrected chi connectivity index (χ1v) is 7.24. The maximum absolute atomic E-state index is 8.94. The third kappa shape index (κ3) is 2.44. The Morgan fingerprint density at radius 1 is 1.10 bits per heavy atom. The SMILES string of the molecule is N#Cc1cccc(-c2csc(-c3ccccc3Cl)n2)c1. The molecule has 3 aromatic rings. The monoisotopic (exact) mass is 296 g/mol. The summed E-state index contributed by atoms with van der Waals surface area (Å²) < 4.78 is 0. The van der Waals surface area contributed by atoms with Crippen molar-refractivity contribution in [2.45, 2.75) is 0 Å². The molecule has 0 atom stereocenters. The molecule has 20 heavy (non-hydrogen) atoms. The number of benzene rings is 2. The summed E-state index contributed by atoms with van der Waals surface area (Å²) in [7, 11) is 0. The van der Waals surface area contributed by atoms with Crippen molar-refractivity contribution in [1.29, 1.82) is 5.26 Å². The van der Waals surface area contributed by atoms with Crippen LogP contribution in [0.4, 0.5) is 0 Å². The highest BCUT2D eigenvalue weighted by Crippen LogP contribution is 2.33. The maximum Gasteiger partial charge on any atom is 0.125 e. The first-order chi connectivity index (χ1) is 9.78. The van der Waals surface area contributed by atoms with Crippen molar-refractivity contribution in [3.63, 3.8) is 0 Å². The van der Waals surface area contributed by atoms with Gasteiger partial charge in [-0.1, -0.05) is 41.9 Å². The van der Waals surface area contributed by atoms with E-state index in [-0.39, 0.29) is 0 Å². The third-order valence-electron chi connectivity index (χ3n) is 2.90. The van der Waals surface area contributed by atoms with Crippen LogP contribution in [0.25, 0.3) is 21.8 Å². The lowest BCUT2D eigenvalue weighted by Crippen LogP contribution is -1.82. The Bertz CT molecular complexity index is 802. The Morgan fingerprint density at radius 2 is 1.95 bits per heavy atom. The molecule has 2 aromatic carbocycles. The fourth-order valence-corrected chi connectivity index (χ4v) is 3.06. The molecule has 0 radical (unpaired) electrons. The summed E-state index contributed by atoms with van der Waals surface area (Å²) in [6.45, 7) is 0. The molecule has 0 aliphatic carbocycles. The van der Waals surface area contributed by atoms with Crippen molar-refractivity contribution in [1.82, 2.24) is 4.98 Å². The summed E-state index contributed by atoms with van der Waals surface area (Å²) in [5, 5.41) is 12.5. The van der Waals surface area contributed by atoms with Crippen molar-refractivity contribution < 1.29 is 0 Å². The summed E-state index contributed by atoms with van der Waals surface area (Å²) in [5.74, 6) is 0. The van der Waals surface area contributed by atoms with Crippen LogP contribution in [0.15, 0.2) is 53.9 Å². The van der Waals surface area contributed by atoms with Crippen molar-refractivity contribution in [3.05, 3.63) is 64.5 Å². The van der Waals surface area contributed by atoms with Gasteiger partial charge >= 0.3 is 0 Å². The molecule has 0 aliphatic rings. The molecule has 0 unspecified atom stereocenters. The molecule has 0 saturated heterocycles. The standard InChI is InChI=1S/C16H9ClN2S/c17-14-7-2-1-6-13(14)16-19-15(10-20-16)12-5-3-4-11(8-12)9-18/h1-8,10H. The van der Waals surface area contributed by atoms with E-state index in [1.165, 1.54) is 0 Å². The molecule has 0 N–H and O–H groups in total. The van der Waals surface area contributed by atoms with E-state index in [0.29, 0.717) is 10.6 Å². The van der Waals surface area contributed by atoms with Gasteiger partial charge in [0.25, 0.3) is 0 Å². The van der Waals surface area contributed by atoms with Crippen LogP contribution < -0.4 is 0 Å². The molecule has 1 heterocycles. The van der Waals surface area contributed by atoms with E-state index in [0.717, 1.165) is 21.8 Å². The number of hydrogen-bond acceptors (Lipinski definition) is 3. The number of nitrogens with zero attached hydrogens (tertiary/aromatic N) is 2. The molecule has 3 rings (SSSR count). The molecule has 1 aromatic heterocycles. The molecule has 2 nitrogen and oxygen atoms in total. The average molecular weight is 297 g/mol. The van der Waals surface area contributed by atoms with E-state index in [2.05, 4.69) is 11.1 Å². The molecule has 0 spiro atoms. The summed E-state index contributed by atoms with van der Waals surface area (Å²) in [4.78, 5) is 4.61. The number of rotatable bonds is 2. The van der Waals surface area contributed by atoms with Crippen LogP contribution in [-0.4, -0.2) is 4.98 Å². The van der Waals surface area contributed by atoms with Gasteiger partial charge in [0.15, 0.2) is 0 Å². The van der Waals surface area contributed by atoms with Gasteiger partial charge in [0.05, 0.1) is 22.3 Å². The highest BCUT2D eigenvalue weighted by Gasteiger charge is 2.09. The number of halogens is 1. The molecule has 96 valence electrons. The van der Waals surface area contributed by atoms with Gasteiger partial charge in [-0.2, -0.15) is 5.26 Å². The van der Waals surface area contributed by atoms with Gasteiger partial charge in [0.2, 0.25) is 0 Å². The summed E-state index contributed by atoms with van der Waals surface area (Å²) in [5.41, 5.74) is 3.37. The molecule has 0 saturated carbocycles. The zero-order chi connectivity index (χ0) is 13.9. The molecule has 0 fully saturated rings. The number of hydrogen-bond donors (Lipinski definition) is 0. The van der Waals surface area contributed by atoms with Crippen LogP contribution in [0.1, 0.15) is 5.56 Å². The van der Waals surface area contributed by atoms with E-state index >= 15 is 0 Å². The lowest BCUT2D eigenvalue weighted by atomic mass is 10.1. The highest BCUT2D eigenvalue weighted by atomic mass is 35.5. The molecular weight excluding hydrogens is 288 g/mol. The van der Waals surface area contributed by atoms with Crippen LogP contribution in [0.3, 0.4) is 0 Å². The van der Waals surface area contributed by atoms with Crippen LogP contribution in [-0.2, 0) is 0 Å². The highest BCUT2D eigenvalue weighted by molar-refractivity contribution is 7.13. The van der Waals surface area contributed by atoms with Crippen molar-refractivity contribution in [2.75, 3.05) is 0 Å². The molecule has 0 aliphatic heterocycles. The third-order valence-corrected chi connectivity index (χ3v) is 4.10. The second kappa shape index (κ2) is 5.46. The van der Waals surface area contributed by atoms with Gasteiger partial charge < -0.3 is 0 Å². The molecule has 0 amide bonds. The Labute approximate surface area is 125 Å².